The average Bonchev–Trinajstić information content (AvgIpc) is 2.73. The van der Waals surface area contributed by atoms with Crippen LogP contribution < -0.4 is 0 Å². The Hall–Kier alpha value is -1.16. The monoisotopic (exact) mass is 252 g/mol. The quantitative estimate of drug-likeness (QED) is 0.400. The molecule has 0 aromatic rings. The molecule has 1 aliphatic heterocycles. The van der Waals surface area contributed by atoms with E-state index in [2.05, 4.69) is 4.40 Å². The molecule has 0 saturated carbocycles. The van der Waals surface area contributed by atoms with Gasteiger partial charge in [0.15, 0.2) is 11.0 Å². The van der Waals surface area contributed by atoms with E-state index in [1.807, 2.05) is 0 Å². The molecular formula is C7H12N2O6S. The largest absolute Gasteiger partial charge is 0.389 e. The molecule has 1 heterocycles. The van der Waals surface area contributed by atoms with Crippen molar-refractivity contribution in [2.24, 2.45) is 4.40 Å². The number of hydrogen-bond acceptors (Lipinski definition) is 6. The minimum absolute atomic E-state index is 0.868. The Morgan fingerprint density at radius 3 is 1.88 bits per heavy atom. The van der Waals surface area contributed by atoms with Crippen molar-refractivity contribution in [1.82, 2.24) is 0 Å². The van der Waals surface area contributed by atoms with E-state index in [-0.39, 0.29) is 0 Å². The van der Waals surface area contributed by atoms with Crippen molar-refractivity contribution in [3.8, 4) is 0 Å². The second kappa shape index (κ2) is 7.17. The molecule has 0 amide bonds. The fourth-order valence-corrected chi connectivity index (χ4v) is 1.02. The first kappa shape index (κ1) is 14.8. The number of nitro groups is 1. The van der Waals surface area contributed by atoms with Crippen LogP contribution in [-0.2, 0) is 11.0 Å². The van der Waals surface area contributed by atoms with Crippen LogP contribution in [0.3, 0.4) is 0 Å². The Bertz CT molecular complexity index is 290. The molecule has 0 bridgehead atoms. The van der Waals surface area contributed by atoms with Gasteiger partial charge in [0, 0.05) is 16.5 Å². The van der Waals surface area contributed by atoms with Crippen LogP contribution in [0.25, 0.3) is 0 Å². The van der Waals surface area contributed by atoms with Gasteiger partial charge in [0.25, 0.3) is 5.54 Å². The molecule has 9 heteroatoms. The summed E-state index contributed by atoms with van der Waals surface area (Å²) in [6, 6.07) is 0. The summed E-state index contributed by atoms with van der Waals surface area (Å²) >= 11 is 0. The molecule has 1 unspecified atom stereocenters. The lowest BCUT2D eigenvalue weighted by molar-refractivity contribution is -0.580. The van der Waals surface area contributed by atoms with Gasteiger partial charge in [0.05, 0.1) is 0 Å². The Morgan fingerprint density at radius 2 is 1.81 bits per heavy atom. The summed E-state index contributed by atoms with van der Waals surface area (Å²) < 4.78 is 13.5. The van der Waals surface area contributed by atoms with Crippen LogP contribution in [0.15, 0.2) is 15.9 Å². The van der Waals surface area contributed by atoms with E-state index in [1.165, 1.54) is 11.6 Å². The highest BCUT2D eigenvalue weighted by molar-refractivity contribution is 7.87. The summed E-state index contributed by atoms with van der Waals surface area (Å²) in [4.78, 5) is 9.14. The summed E-state index contributed by atoms with van der Waals surface area (Å²) in [5, 5.41) is 36.7. The SMILES string of the molecule is O=S1C=CC=N1.O=[N+]([O-])C(CO)(CO)CO. The lowest BCUT2D eigenvalue weighted by Crippen LogP contribution is -2.49. The van der Waals surface area contributed by atoms with E-state index < -0.39 is 41.3 Å². The van der Waals surface area contributed by atoms with E-state index in [1.54, 1.807) is 6.08 Å². The van der Waals surface area contributed by atoms with Gasteiger partial charge in [-0.3, -0.25) is 10.1 Å². The van der Waals surface area contributed by atoms with E-state index >= 15 is 0 Å². The highest BCUT2D eigenvalue weighted by Gasteiger charge is 2.41. The van der Waals surface area contributed by atoms with Gasteiger partial charge in [-0.25, -0.2) is 4.21 Å². The maximum atomic E-state index is 10.1. The zero-order valence-electron chi connectivity index (χ0n) is 8.22. The van der Waals surface area contributed by atoms with Crippen molar-refractivity contribution in [2.45, 2.75) is 5.54 Å². The van der Waals surface area contributed by atoms with Crippen LogP contribution >= 0.6 is 0 Å². The molecule has 0 aliphatic carbocycles. The van der Waals surface area contributed by atoms with Crippen LogP contribution in [0, 0.1) is 10.1 Å². The molecule has 92 valence electrons. The Kier molecular flexibility index (Phi) is 6.65. The maximum absolute atomic E-state index is 10.1. The van der Waals surface area contributed by atoms with Crippen molar-refractivity contribution in [2.75, 3.05) is 19.8 Å². The molecule has 0 radical (unpaired) electrons. The number of hydrogen-bond donors (Lipinski definition) is 3. The van der Waals surface area contributed by atoms with E-state index in [0.29, 0.717) is 0 Å². The molecule has 0 spiro atoms. The second-order valence-electron chi connectivity index (χ2n) is 2.81. The van der Waals surface area contributed by atoms with Crippen molar-refractivity contribution in [1.29, 1.82) is 0 Å². The van der Waals surface area contributed by atoms with Gasteiger partial charge in [-0.05, 0) is 6.08 Å². The maximum Gasteiger partial charge on any atom is 0.289 e. The van der Waals surface area contributed by atoms with Gasteiger partial charge in [-0.1, -0.05) is 0 Å². The predicted octanol–water partition coefficient (Wildman–Crippen LogP) is -1.77. The van der Waals surface area contributed by atoms with Gasteiger partial charge < -0.3 is 15.3 Å². The second-order valence-corrected chi connectivity index (χ2v) is 3.85. The first-order valence-electron chi connectivity index (χ1n) is 4.11. The average molecular weight is 252 g/mol. The summed E-state index contributed by atoms with van der Waals surface area (Å²) in [7, 11) is -1.03. The molecule has 1 aliphatic rings. The van der Waals surface area contributed by atoms with Crippen LogP contribution in [-0.4, -0.2) is 56.0 Å². The van der Waals surface area contributed by atoms with Crippen LogP contribution in [0.4, 0.5) is 0 Å². The molecule has 0 aromatic heterocycles. The summed E-state index contributed by atoms with van der Waals surface area (Å²) in [6.07, 6.45) is 3.19. The van der Waals surface area contributed by atoms with Gasteiger partial charge >= 0.3 is 0 Å². The third-order valence-electron chi connectivity index (χ3n) is 1.72. The third kappa shape index (κ3) is 4.14. The molecule has 1 atom stereocenters. The van der Waals surface area contributed by atoms with Crippen LogP contribution in [0.5, 0.6) is 0 Å². The first-order valence-corrected chi connectivity index (χ1v) is 5.28. The van der Waals surface area contributed by atoms with Crippen molar-refractivity contribution in [3.63, 3.8) is 0 Å². The topological polar surface area (TPSA) is 133 Å². The molecular weight excluding hydrogens is 240 g/mol. The molecule has 1 rings (SSSR count). The lowest BCUT2D eigenvalue weighted by atomic mass is 10.1. The highest BCUT2D eigenvalue weighted by Crippen LogP contribution is 2.05. The standard InChI is InChI=1S/C4H9NO5.C3H3NOS/c6-1-4(2-7,3-8)5(9)10;5-6-3-1-2-4-6/h6-8H,1-3H2;1-3H. The fraction of sp³-hybridized carbons (Fsp3) is 0.571. The van der Waals surface area contributed by atoms with Crippen molar-refractivity contribution in [3.05, 3.63) is 21.6 Å². The number of aliphatic hydroxyl groups excluding tert-OH is 3. The molecule has 0 saturated heterocycles. The summed E-state index contributed by atoms with van der Waals surface area (Å²) in [5.74, 6) is 0. The Labute approximate surface area is 93.7 Å². The fourth-order valence-electron chi connectivity index (χ4n) is 0.556. The zero-order valence-corrected chi connectivity index (χ0v) is 9.04. The lowest BCUT2D eigenvalue weighted by Gasteiger charge is -2.16. The van der Waals surface area contributed by atoms with Crippen molar-refractivity contribution >= 4 is 17.2 Å². The number of nitrogens with zero attached hydrogens (tertiary/aromatic N) is 2. The van der Waals surface area contributed by atoms with Gasteiger partial charge in [0.1, 0.15) is 19.8 Å². The third-order valence-corrected chi connectivity index (χ3v) is 2.44. The summed E-state index contributed by atoms with van der Waals surface area (Å²) in [6.45, 7) is -2.60. The molecule has 3 N–H and O–H groups in total. The van der Waals surface area contributed by atoms with Crippen LogP contribution in [0.1, 0.15) is 0 Å². The van der Waals surface area contributed by atoms with E-state index in [4.69, 9.17) is 15.3 Å². The molecule has 0 aromatic carbocycles. The Morgan fingerprint density at radius 1 is 1.31 bits per heavy atom. The number of rotatable bonds is 4. The minimum Gasteiger partial charge on any atom is -0.389 e. The molecule has 8 nitrogen and oxygen atoms in total. The molecule has 0 fully saturated rings. The number of allylic oxidation sites excluding steroid dienone is 1. The highest BCUT2D eigenvalue weighted by atomic mass is 32.2. The normalized spacial score (nSPS) is 18.1. The van der Waals surface area contributed by atoms with Gasteiger partial charge in [-0.2, -0.15) is 4.40 Å². The predicted molar refractivity (Wildman–Crippen MR) is 56.8 cm³/mol. The summed E-state index contributed by atoms with van der Waals surface area (Å²) in [5.41, 5.74) is -1.99. The van der Waals surface area contributed by atoms with E-state index in [0.717, 1.165) is 0 Å². The van der Waals surface area contributed by atoms with E-state index in [9.17, 15) is 14.3 Å². The molecule has 16 heavy (non-hydrogen) atoms. The Balaban J connectivity index is 0.000000315. The minimum atomic E-state index is -1.99. The van der Waals surface area contributed by atoms with Gasteiger partial charge in [-0.15, -0.1) is 0 Å². The number of aliphatic hydroxyl groups is 3. The smallest absolute Gasteiger partial charge is 0.289 e. The van der Waals surface area contributed by atoms with Crippen molar-refractivity contribution < 1.29 is 24.5 Å². The van der Waals surface area contributed by atoms with Crippen LogP contribution in [0.2, 0.25) is 0 Å². The first-order chi connectivity index (χ1) is 7.52. The zero-order chi connectivity index (χ0) is 12.6. The van der Waals surface area contributed by atoms with Gasteiger partial charge in [0.2, 0.25) is 0 Å².